The van der Waals surface area contributed by atoms with Crippen LogP contribution in [-0.2, 0) is 15.7 Å². The van der Waals surface area contributed by atoms with E-state index in [1.54, 1.807) is 27.7 Å². The van der Waals surface area contributed by atoms with E-state index in [-0.39, 0.29) is 36.3 Å². The van der Waals surface area contributed by atoms with Crippen molar-refractivity contribution in [3.8, 4) is 0 Å². The number of anilines is 1. The third kappa shape index (κ3) is 5.15. The SMILES string of the molecule is CCC(CCO)n1/c(=N/C(=O)c2cccc(C(F)(F)F)c2)[nH]c2cc(N3CCOCC3=O)ccc21. The Hall–Kier alpha value is -3.44. The van der Waals surface area contributed by atoms with Gasteiger partial charge in [0.2, 0.25) is 5.62 Å². The van der Waals surface area contributed by atoms with Crippen molar-refractivity contribution in [1.29, 1.82) is 0 Å². The zero-order valence-corrected chi connectivity index (χ0v) is 19.0. The number of hydrogen-bond donors (Lipinski definition) is 2. The van der Waals surface area contributed by atoms with Crippen LogP contribution in [0.5, 0.6) is 0 Å². The van der Waals surface area contributed by atoms with Crippen molar-refractivity contribution in [1.82, 2.24) is 9.55 Å². The minimum Gasteiger partial charge on any atom is -0.396 e. The van der Waals surface area contributed by atoms with Crippen LogP contribution in [0, 0.1) is 0 Å². The Labute approximate surface area is 198 Å². The van der Waals surface area contributed by atoms with Gasteiger partial charge >= 0.3 is 6.18 Å². The molecule has 11 heteroatoms. The summed E-state index contributed by atoms with van der Waals surface area (Å²) in [4.78, 5) is 33.9. The van der Waals surface area contributed by atoms with Crippen LogP contribution in [0.3, 0.4) is 0 Å². The highest BCUT2D eigenvalue weighted by atomic mass is 19.4. The summed E-state index contributed by atoms with van der Waals surface area (Å²) in [6.07, 6.45) is -3.58. The first-order chi connectivity index (χ1) is 16.7. The van der Waals surface area contributed by atoms with Gasteiger partial charge in [0.1, 0.15) is 6.61 Å². The largest absolute Gasteiger partial charge is 0.416 e. The quantitative estimate of drug-likeness (QED) is 0.553. The molecular formula is C24H25F3N4O4. The van der Waals surface area contributed by atoms with Gasteiger partial charge in [-0.25, -0.2) is 0 Å². The Kier molecular flexibility index (Phi) is 7.08. The van der Waals surface area contributed by atoms with E-state index >= 15 is 0 Å². The number of carbonyl (C=O) groups is 2. The van der Waals surface area contributed by atoms with Crippen LogP contribution in [0.2, 0.25) is 0 Å². The predicted octanol–water partition coefficient (Wildman–Crippen LogP) is 3.43. The number of nitrogens with one attached hydrogen (secondary N) is 1. The molecule has 186 valence electrons. The number of fused-ring (bicyclic) bond motifs is 1. The highest BCUT2D eigenvalue weighted by Gasteiger charge is 2.31. The summed E-state index contributed by atoms with van der Waals surface area (Å²) in [5.41, 5.74) is 0.937. The van der Waals surface area contributed by atoms with E-state index in [9.17, 15) is 27.9 Å². The number of ether oxygens (including phenoxy) is 1. The van der Waals surface area contributed by atoms with Crippen molar-refractivity contribution in [2.75, 3.05) is 31.3 Å². The number of aliphatic hydroxyl groups is 1. The van der Waals surface area contributed by atoms with Crippen molar-refractivity contribution < 1.29 is 32.6 Å². The van der Waals surface area contributed by atoms with Crippen LogP contribution < -0.4 is 10.5 Å². The number of aliphatic hydroxyl groups excluding tert-OH is 1. The van der Waals surface area contributed by atoms with E-state index in [2.05, 4.69) is 9.98 Å². The van der Waals surface area contributed by atoms with E-state index in [0.717, 1.165) is 18.2 Å². The zero-order valence-electron chi connectivity index (χ0n) is 19.0. The normalized spacial score (nSPS) is 16.2. The standard InChI is InChI=1S/C24H25F3N4O4/c1-2-17(8-10-32)31-20-7-6-18(30-9-11-35-14-21(30)33)13-19(20)28-23(31)29-22(34)15-4-3-5-16(12-15)24(25,26)27/h3-7,12-13,17,32H,2,8-11,14H2,1H3,(H,28,29,34). The van der Waals surface area contributed by atoms with Crippen LogP contribution in [0.15, 0.2) is 47.5 Å². The Morgan fingerprint density at radius 1 is 1.26 bits per heavy atom. The average Bonchev–Trinajstić information content (AvgIpc) is 3.19. The molecule has 2 amide bonds. The molecule has 1 aliphatic heterocycles. The van der Waals surface area contributed by atoms with Gasteiger partial charge < -0.3 is 24.3 Å². The average molecular weight is 490 g/mol. The summed E-state index contributed by atoms with van der Waals surface area (Å²) in [6.45, 7) is 2.63. The lowest BCUT2D eigenvalue weighted by Gasteiger charge is -2.27. The van der Waals surface area contributed by atoms with Gasteiger partial charge in [0.15, 0.2) is 0 Å². The maximum Gasteiger partial charge on any atom is 0.416 e. The number of hydrogen-bond acceptors (Lipinski definition) is 4. The minimum atomic E-state index is -4.58. The van der Waals surface area contributed by atoms with Gasteiger partial charge in [-0.1, -0.05) is 13.0 Å². The summed E-state index contributed by atoms with van der Waals surface area (Å²) in [5, 5.41) is 9.56. The molecule has 1 fully saturated rings. The topological polar surface area (TPSA) is 99.9 Å². The number of benzene rings is 2. The van der Waals surface area contributed by atoms with Gasteiger partial charge in [-0.2, -0.15) is 18.2 Å². The van der Waals surface area contributed by atoms with Crippen molar-refractivity contribution in [3.63, 3.8) is 0 Å². The van der Waals surface area contributed by atoms with Gasteiger partial charge in [-0.15, -0.1) is 0 Å². The lowest BCUT2D eigenvalue weighted by atomic mass is 10.1. The Bertz CT molecular complexity index is 1310. The van der Waals surface area contributed by atoms with E-state index in [4.69, 9.17) is 4.74 Å². The second-order valence-electron chi connectivity index (χ2n) is 8.19. The summed E-state index contributed by atoms with van der Waals surface area (Å²) in [7, 11) is 0. The number of aromatic nitrogens is 2. The molecule has 1 unspecified atom stereocenters. The number of H-pyrrole nitrogens is 1. The van der Waals surface area contributed by atoms with Gasteiger partial charge in [-0.3, -0.25) is 9.59 Å². The maximum atomic E-state index is 13.1. The molecular weight excluding hydrogens is 465 g/mol. The molecule has 2 N–H and O–H groups in total. The lowest BCUT2D eigenvalue weighted by molar-refractivity contribution is -0.137. The van der Waals surface area contributed by atoms with Crippen LogP contribution in [0.1, 0.15) is 41.7 Å². The first kappa shape index (κ1) is 24.7. The van der Waals surface area contributed by atoms with E-state index in [1.807, 2.05) is 6.92 Å². The van der Waals surface area contributed by atoms with Gasteiger partial charge in [0.25, 0.3) is 11.8 Å². The van der Waals surface area contributed by atoms with E-state index < -0.39 is 17.6 Å². The zero-order chi connectivity index (χ0) is 25.2. The van der Waals surface area contributed by atoms with Crippen molar-refractivity contribution in [3.05, 3.63) is 59.2 Å². The molecule has 0 aliphatic carbocycles. The molecule has 0 radical (unpaired) electrons. The molecule has 1 aromatic heterocycles. The number of imidazole rings is 1. The number of carbonyl (C=O) groups excluding carboxylic acids is 2. The summed E-state index contributed by atoms with van der Waals surface area (Å²) < 4.78 is 46.3. The summed E-state index contributed by atoms with van der Waals surface area (Å²) >= 11 is 0. The van der Waals surface area contributed by atoms with Crippen LogP contribution in [-0.4, -0.2) is 52.8 Å². The van der Waals surface area contributed by atoms with E-state index in [1.165, 1.54) is 6.07 Å². The molecule has 3 aromatic rings. The first-order valence-electron chi connectivity index (χ1n) is 11.2. The molecule has 1 aliphatic rings. The third-order valence-corrected chi connectivity index (χ3v) is 5.95. The van der Waals surface area contributed by atoms with Crippen molar-refractivity contribution >= 4 is 28.5 Å². The van der Waals surface area contributed by atoms with Crippen LogP contribution >= 0.6 is 0 Å². The maximum absolute atomic E-state index is 13.1. The molecule has 4 rings (SSSR count). The molecule has 0 bridgehead atoms. The van der Waals surface area contributed by atoms with Gasteiger partial charge in [-0.05, 0) is 49.2 Å². The summed E-state index contributed by atoms with van der Waals surface area (Å²) in [5.74, 6) is -1.01. The summed E-state index contributed by atoms with van der Waals surface area (Å²) in [6, 6.07) is 9.21. The number of alkyl halides is 3. The number of amides is 2. The second kappa shape index (κ2) is 10.0. The molecule has 1 saturated heterocycles. The molecule has 1 atom stereocenters. The van der Waals surface area contributed by atoms with Crippen molar-refractivity contribution in [2.45, 2.75) is 32.0 Å². The van der Waals surface area contributed by atoms with Crippen LogP contribution in [0.25, 0.3) is 11.0 Å². The van der Waals surface area contributed by atoms with Gasteiger partial charge in [0.05, 0.1) is 23.2 Å². The Balaban J connectivity index is 1.83. The third-order valence-electron chi connectivity index (χ3n) is 5.95. The Morgan fingerprint density at radius 2 is 2.06 bits per heavy atom. The monoisotopic (exact) mass is 490 g/mol. The van der Waals surface area contributed by atoms with Crippen LogP contribution in [0.4, 0.5) is 18.9 Å². The second-order valence-corrected chi connectivity index (χ2v) is 8.19. The van der Waals surface area contributed by atoms with E-state index in [0.29, 0.717) is 42.7 Å². The Morgan fingerprint density at radius 3 is 2.74 bits per heavy atom. The lowest BCUT2D eigenvalue weighted by Crippen LogP contribution is -2.41. The molecule has 35 heavy (non-hydrogen) atoms. The fourth-order valence-electron chi connectivity index (χ4n) is 4.19. The molecule has 2 heterocycles. The molecule has 0 saturated carbocycles. The predicted molar refractivity (Wildman–Crippen MR) is 122 cm³/mol. The molecule has 2 aromatic carbocycles. The fourth-order valence-corrected chi connectivity index (χ4v) is 4.19. The molecule has 8 nitrogen and oxygen atoms in total. The number of aromatic amines is 1. The number of morpholine rings is 1. The van der Waals surface area contributed by atoms with Gasteiger partial charge in [0, 0.05) is 30.4 Å². The number of rotatable bonds is 6. The number of nitrogens with zero attached hydrogens (tertiary/aromatic N) is 3. The minimum absolute atomic E-state index is 0.0107. The first-order valence-corrected chi connectivity index (χ1v) is 11.2. The fraction of sp³-hybridized carbons (Fsp3) is 0.375. The smallest absolute Gasteiger partial charge is 0.396 e. The molecule has 0 spiro atoms. The highest BCUT2D eigenvalue weighted by molar-refractivity contribution is 5.97. The van der Waals surface area contributed by atoms with Crippen molar-refractivity contribution in [2.24, 2.45) is 4.99 Å². The highest BCUT2D eigenvalue weighted by Crippen LogP contribution is 2.30. The number of halogens is 3.